The predicted octanol–water partition coefficient (Wildman–Crippen LogP) is 3.08. The van der Waals surface area contributed by atoms with E-state index in [2.05, 4.69) is 15.1 Å². The average molecular weight is 521 g/mol. The van der Waals surface area contributed by atoms with E-state index in [0.29, 0.717) is 0 Å². The summed E-state index contributed by atoms with van der Waals surface area (Å²) < 4.78 is 54.4. The molecule has 0 aliphatic rings. The van der Waals surface area contributed by atoms with Crippen molar-refractivity contribution in [3.63, 3.8) is 0 Å². The predicted molar refractivity (Wildman–Crippen MR) is 128 cm³/mol. The minimum absolute atomic E-state index is 0.0345. The quantitative estimate of drug-likeness (QED) is 0.327. The van der Waals surface area contributed by atoms with Gasteiger partial charge in [0.1, 0.15) is 16.5 Å². The summed E-state index contributed by atoms with van der Waals surface area (Å²) in [5.41, 5.74) is 0.104. The molecule has 0 saturated heterocycles. The average Bonchev–Trinajstić information content (AvgIpc) is 3.16. The number of amides is 1. The van der Waals surface area contributed by atoms with Gasteiger partial charge in [-0.3, -0.25) is 4.79 Å². The second kappa shape index (κ2) is 11.3. The molecule has 1 heterocycles. The van der Waals surface area contributed by atoms with Crippen molar-refractivity contribution in [2.75, 3.05) is 25.6 Å². The molecule has 0 bridgehead atoms. The minimum atomic E-state index is -4.17. The van der Waals surface area contributed by atoms with Crippen molar-refractivity contribution < 1.29 is 37.0 Å². The lowest BCUT2D eigenvalue weighted by atomic mass is 10.2. The van der Waals surface area contributed by atoms with Gasteiger partial charge in [-0.2, -0.15) is 9.78 Å². The number of carboxylic acids is 1. The number of anilines is 1. The fourth-order valence-electron chi connectivity index (χ4n) is 3.18. The summed E-state index contributed by atoms with van der Waals surface area (Å²) in [7, 11) is -2.75. The zero-order valence-corrected chi connectivity index (χ0v) is 20.6. The number of sulfonamides is 1. The standard InChI is InChI=1S/C23H25FN4O7S/c1-4-20(29)26-16-8-9-18(19(13-16)36(32,33)25-10-11-34-3)35-22-14(2)21(23(30)31)27-28(22)17-7-5-6-15(24)12-17/h5-9,12-13,25H,4,10-11H2,1-3H3,(H,26,29)(H,30,31). The Kier molecular flexibility index (Phi) is 8.40. The van der Waals surface area contributed by atoms with Gasteiger partial charge in [0.15, 0.2) is 5.69 Å². The number of rotatable bonds is 11. The largest absolute Gasteiger partial charge is 0.476 e. The van der Waals surface area contributed by atoms with E-state index in [0.717, 1.165) is 10.7 Å². The van der Waals surface area contributed by atoms with Crippen molar-refractivity contribution in [1.29, 1.82) is 0 Å². The van der Waals surface area contributed by atoms with Crippen LogP contribution in [0.15, 0.2) is 47.4 Å². The molecule has 13 heteroatoms. The van der Waals surface area contributed by atoms with Gasteiger partial charge in [0.05, 0.1) is 12.3 Å². The van der Waals surface area contributed by atoms with Crippen LogP contribution in [-0.4, -0.2) is 55.4 Å². The van der Waals surface area contributed by atoms with Gasteiger partial charge in [0, 0.05) is 31.3 Å². The molecule has 11 nitrogen and oxygen atoms in total. The zero-order valence-electron chi connectivity index (χ0n) is 19.7. The van der Waals surface area contributed by atoms with E-state index in [9.17, 15) is 27.5 Å². The summed E-state index contributed by atoms with van der Waals surface area (Å²) in [4.78, 5) is 23.2. The van der Waals surface area contributed by atoms with E-state index < -0.39 is 21.8 Å². The number of carbonyl (C=O) groups excluding carboxylic acids is 1. The molecule has 3 aromatic rings. The number of hydrogen-bond donors (Lipinski definition) is 3. The Morgan fingerprint density at radius 3 is 2.58 bits per heavy atom. The number of halogens is 1. The molecule has 0 aliphatic carbocycles. The summed E-state index contributed by atoms with van der Waals surface area (Å²) in [5.74, 6) is -2.57. The highest BCUT2D eigenvalue weighted by molar-refractivity contribution is 7.89. The third-order valence-corrected chi connectivity index (χ3v) is 6.45. The molecule has 1 aromatic heterocycles. The van der Waals surface area contributed by atoms with Crippen LogP contribution in [0.1, 0.15) is 29.4 Å². The first-order chi connectivity index (χ1) is 17.1. The topological polar surface area (TPSA) is 149 Å². The van der Waals surface area contributed by atoms with Crippen LogP contribution in [0, 0.1) is 12.7 Å². The number of aromatic nitrogens is 2. The molecule has 36 heavy (non-hydrogen) atoms. The first-order valence-electron chi connectivity index (χ1n) is 10.8. The highest BCUT2D eigenvalue weighted by Crippen LogP contribution is 2.35. The van der Waals surface area contributed by atoms with Crippen LogP contribution in [0.4, 0.5) is 10.1 Å². The number of benzene rings is 2. The maximum atomic E-state index is 13.9. The Bertz CT molecular complexity index is 1390. The van der Waals surface area contributed by atoms with Crippen LogP contribution in [-0.2, 0) is 19.6 Å². The summed E-state index contributed by atoms with van der Waals surface area (Å²) in [6.07, 6.45) is 0.177. The van der Waals surface area contributed by atoms with E-state index in [1.54, 1.807) is 6.92 Å². The Morgan fingerprint density at radius 2 is 1.94 bits per heavy atom. The highest BCUT2D eigenvalue weighted by atomic mass is 32.2. The second-order valence-corrected chi connectivity index (χ2v) is 9.27. The Morgan fingerprint density at radius 1 is 1.19 bits per heavy atom. The van der Waals surface area contributed by atoms with Gasteiger partial charge in [-0.05, 0) is 43.3 Å². The van der Waals surface area contributed by atoms with Crippen molar-refractivity contribution in [2.45, 2.75) is 25.2 Å². The van der Waals surface area contributed by atoms with Crippen LogP contribution in [0.3, 0.4) is 0 Å². The number of carboxylic acid groups (broad SMARTS) is 1. The number of nitrogens with one attached hydrogen (secondary N) is 2. The molecule has 0 atom stereocenters. The number of aromatic carboxylic acids is 1. The van der Waals surface area contributed by atoms with Crippen LogP contribution >= 0.6 is 0 Å². The fourth-order valence-corrected chi connectivity index (χ4v) is 4.34. The third kappa shape index (κ3) is 6.05. The fraction of sp³-hybridized carbons (Fsp3) is 0.261. The smallest absolute Gasteiger partial charge is 0.356 e. The molecule has 3 rings (SSSR count). The molecule has 3 N–H and O–H groups in total. The van der Waals surface area contributed by atoms with Crippen molar-refractivity contribution in [1.82, 2.24) is 14.5 Å². The first-order valence-corrected chi connectivity index (χ1v) is 12.2. The number of ether oxygens (including phenoxy) is 2. The van der Waals surface area contributed by atoms with Gasteiger partial charge >= 0.3 is 5.97 Å². The zero-order chi connectivity index (χ0) is 26.5. The molecule has 0 fully saturated rings. The van der Waals surface area contributed by atoms with E-state index in [1.165, 1.54) is 50.4 Å². The SMILES string of the molecule is CCC(=O)Nc1ccc(Oc2c(C)c(C(=O)O)nn2-c2cccc(F)c2)c(S(=O)(=O)NCCOC)c1. The lowest BCUT2D eigenvalue weighted by Gasteiger charge is -2.16. The molecular formula is C23H25FN4O7S. The van der Waals surface area contributed by atoms with Gasteiger partial charge in [-0.15, -0.1) is 0 Å². The van der Waals surface area contributed by atoms with Gasteiger partial charge in [-0.25, -0.2) is 22.3 Å². The van der Waals surface area contributed by atoms with Crippen LogP contribution < -0.4 is 14.8 Å². The number of nitrogens with zero attached hydrogens (tertiary/aromatic N) is 2. The summed E-state index contributed by atoms with van der Waals surface area (Å²) in [6, 6.07) is 9.20. The third-order valence-electron chi connectivity index (χ3n) is 4.97. The number of methoxy groups -OCH3 is 1. The lowest BCUT2D eigenvalue weighted by molar-refractivity contribution is -0.115. The summed E-state index contributed by atoms with van der Waals surface area (Å²) in [6.45, 7) is 3.15. The number of carbonyl (C=O) groups is 2. The Balaban J connectivity index is 2.15. The molecule has 0 unspecified atom stereocenters. The maximum absolute atomic E-state index is 13.9. The molecule has 192 valence electrons. The van der Waals surface area contributed by atoms with E-state index in [4.69, 9.17) is 9.47 Å². The molecule has 2 aromatic carbocycles. The van der Waals surface area contributed by atoms with Crippen molar-refractivity contribution in [3.05, 3.63) is 59.5 Å². The Hall–Kier alpha value is -3.81. The van der Waals surface area contributed by atoms with E-state index in [1.807, 2.05) is 0 Å². The summed E-state index contributed by atoms with van der Waals surface area (Å²) in [5, 5.41) is 16.2. The molecule has 0 saturated carbocycles. The second-order valence-electron chi connectivity index (χ2n) is 7.53. The lowest BCUT2D eigenvalue weighted by Crippen LogP contribution is -2.27. The monoisotopic (exact) mass is 520 g/mol. The molecule has 1 amide bonds. The number of hydrogen-bond acceptors (Lipinski definition) is 7. The van der Waals surface area contributed by atoms with Crippen molar-refractivity contribution in [2.24, 2.45) is 0 Å². The first kappa shape index (κ1) is 26.8. The van der Waals surface area contributed by atoms with Crippen LogP contribution in [0.5, 0.6) is 11.6 Å². The minimum Gasteiger partial charge on any atom is -0.476 e. The molecule has 0 spiro atoms. The van der Waals surface area contributed by atoms with Crippen molar-refractivity contribution in [3.8, 4) is 17.3 Å². The van der Waals surface area contributed by atoms with Gasteiger partial charge < -0.3 is 19.9 Å². The molecule has 0 radical (unpaired) electrons. The van der Waals surface area contributed by atoms with E-state index >= 15 is 0 Å². The van der Waals surface area contributed by atoms with E-state index in [-0.39, 0.29) is 64.6 Å². The molecule has 0 aliphatic heterocycles. The van der Waals surface area contributed by atoms with Gasteiger partial charge in [0.25, 0.3) is 0 Å². The van der Waals surface area contributed by atoms with Crippen molar-refractivity contribution >= 4 is 27.6 Å². The summed E-state index contributed by atoms with van der Waals surface area (Å²) >= 11 is 0. The Labute approximate surface area is 206 Å². The van der Waals surface area contributed by atoms with Gasteiger partial charge in [0.2, 0.25) is 21.8 Å². The van der Waals surface area contributed by atoms with Crippen LogP contribution in [0.2, 0.25) is 0 Å². The van der Waals surface area contributed by atoms with Gasteiger partial charge in [-0.1, -0.05) is 13.0 Å². The maximum Gasteiger partial charge on any atom is 0.356 e. The van der Waals surface area contributed by atoms with Crippen LogP contribution in [0.25, 0.3) is 5.69 Å². The highest BCUT2D eigenvalue weighted by Gasteiger charge is 2.26. The molecular weight excluding hydrogens is 495 g/mol. The normalized spacial score (nSPS) is 11.3.